The fourth-order valence-electron chi connectivity index (χ4n) is 2.58. The minimum absolute atomic E-state index is 0.357. The molecule has 132 valence electrons. The molecule has 1 N–H and O–H groups in total. The highest BCUT2D eigenvalue weighted by atomic mass is 16.5. The Labute approximate surface area is 151 Å². The van der Waals surface area contributed by atoms with E-state index in [4.69, 9.17) is 9.47 Å². The number of nitrogens with one attached hydrogen (secondary N) is 1. The van der Waals surface area contributed by atoms with E-state index in [0.29, 0.717) is 17.0 Å². The highest BCUT2D eigenvalue weighted by molar-refractivity contribution is 6.04. The first-order valence-corrected chi connectivity index (χ1v) is 8.22. The molecule has 1 atom stereocenters. The Morgan fingerprint density at radius 3 is 2.35 bits per heavy atom. The van der Waals surface area contributed by atoms with Gasteiger partial charge in [0.05, 0.1) is 12.7 Å². The second-order valence-corrected chi connectivity index (χ2v) is 5.79. The zero-order chi connectivity index (χ0) is 18.5. The molecule has 0 fully saturated rings. The molecule has 3 aromatic carbocycles. The number of rotatable bonds is 5. The summed E-state index contributed by atoms with van der Waals surface area (Å²) in [6, 6.07) is 19.9. The van der Waals surface area contributed by atoms with E-state index in [1.807, 2.05) is 42.5 Å². The van der Waals surface area contributed by atoms with Gasteiger partial charge in [-0.05, 0) is 42.6 Å². The largest absolute Gasteiger partial charge is 0.497 e. The van der Waals surface area contributed by atoms with E-state index in [0.717, 1.165) is 10.8 Å². The SMILES string of the molecule is COc1ccc(C(=O)O[C@H](C)C(=O)Nc2cccc3ccccc23)cc1. The molecule has 0 heterocycles. The summed E-state index contributed by atoms with van der Waals surface area (Å²) < 4.78 is 10.3. The normalized spacial score (nSPS) is 11.6. The van der Waals surface area contributed by atoms with Gasteiger partial charge in [0, 0.05) is 11.1 Å². The van der Waals surface area contributed by atoms with Gasteiger partial charge < -0.3 is 14.8 Å². The first-order chi connectivity index (χ1) is 12.6. The molecule has 0 aliphatic heterocycles. The van der Waals surface area contributed by atoms with Crippen LogP contribution in [0, 0.1) is 0 Å². The van der Waals surface area contributed by atoms with Gasteiger partial charge in [0.1, 0.15) is 5.75 Å². The van der Waals surface area contributed by atoms with Crippen LogP contribution in [0.5, 0.6) is 5.75 Å². The van der Waals surface area contributed by atoms with Crippen LogP contribution in [0.4, 0.5) is 5.69 Å². The maximum Gasteiger partial charge on any atom is 0.338 e. The Kier molecular flexibility index (Phi) is 5.17. The van der Waals surface area contributed by atoms with Crippen molar-refractivity contribution in [2.75, 3.05) is 12.4 Å². The van der Waals surface area contributed by atoms with Gasteiger partial charge in [0.15, 0.2) is 6.10 Å². The minimum Gasteiger partial charge on any atom is -0.497 e. The summed E-state index contributed by atoms with van der Waals surface area (Å²) in [4.78, 5) is 24.6. The topological polar surface area (TPSA) is 64.6 Å². The van der Waals surface area contributed by atoms with Crippen LogP contribution >= 0.6 is 0 Å². The Hall–Kier alpha value is -3.34. The number of amides is 1. The van der Waals surface area contributed by atoms with E-state index < -0.39 is 12.1 Å². The van der Waals surface area contributed by atoms with Crippen molar-refractivity contribution in [3.8, 4) is 5.75 Å². The van der Waals surface area contributed by atoms with Crippen LogP contribution in [0.1, 0.15) is 17.3 Å². The number of benzene rings is 3. The van der Waals surface area contributed by atoms with Crippen LogP contribution in [0.2, 0.25) is 0 Å². The third-order valence-electron chi connectivity index (χ3n) is 4.03. The van der Waals surface area contributed by atoms with Crippen molar-refractivity contribution in [1.29, 1.82) is 0 Å². The standard InChI is InChI=1S/C21H19NO4/c1-14(26-21(24)16-10-12-17(25-2)13-11-16)20(23)22-19-9-5-7-15-6-3-4-8-18(15)19/h3-14H,1-2H3,(H,22,23)/t14-/m1/s1. The molecule has 0 aromatic heterocycles. The van der Waals surface area contributed by atoms with E-state index in [1.165, 1.54) is 0 Å². The third kappa shape index (κ3) is 3.83. The van der Waals surface area contributed by atoms with Crippen LogP contribution in [0.3, 0.4) is 0 Å². The Morgan fingerprint density at radius 1 is 0.923 bits per heavy atom. The molecule has 3 rings (SSSR count). The molecule has 5 nitrogen and oxygen atoms in total. The lowest BCUT2D eigenvalue weighted by molar-refractivity contribution is -0.123. The van der Waals surface area contributed by atoms with Crippen molar-refractivity contribution >= 4 is 28.3 Å². The Bertz CT molecular complexity index is 929. The molecule has 0 unspecified atom stereocenters. The number of carbonyl (C=O) groups excluding carboxylic acids is 2. The first kappa shape index (κ1) is 17.5. The minimum atomic E-state index is -0.927. The van der Waals surface area contributed by atoms with Gasteiger partial charge >= 0.3 is 5.97 Å². The van der Waals surface area contributed by atoms with Crippen LogP contribution in [0.15, 0.2) is 66.7 Å². The molecule has 0 aliphatic rings. The fraction of sp³-hybridized carbons (Fsp3) is 0.143. The van der Waals surface area contributed by atoms with Crippen molar-refractivity contribution in [2.24, 2.45) is 0 Å². The zero-order valence-corrected chi connectivity index (χ0v) is 14.6. The molecule has 0 saturated heterocycles. The second-order valence-electron chi connectivity index (χ2n) is 5.79. The molecule has 0 aliphatic carbocycles. The highest BCUT2D eigenvalue weighted by Gasteiger charge is 2.19. The summed E-state index contributed by atoms with van der Waals surface area (Å²) in [5.41, 5.74) is 1.04. The number of hydrogen-bond donors (Lipinski definition) is 1. The van der Waals surface area contributed by atoms with E-state index in [1.54, 1.807) is 38.3 Å². The van der Waals surface area contributed by atoms with Gasteiger partial charge in [0.25, 0.3) is 5.91 Å². The lowest BCUT2D eigenvalue weighted by atomic mass is 10.1. The van der Waals surface area contributed by atoms with Gasteiger partial charge in [-0.15, -0.1) is 0 Å². The van der Waals surface area contributed by atoms with Gasteiger partial charge in [0.2, 0.25) is 0 Å². The van der Waals surface area contributed by atoms with Crippen molar-refractivity contribution in [2.45, 2.75) is 13.0 Å². The second kappa shape index (κ2) is 7.70. The smallest absolute Gasteiger partial charge is 0.338 e. The van der Waals surface area contributed by atoms with Crippen molar-refractivity contribution in [3.05, 3.63) is 72.3 Å². The first-order valence-electron chi connectivity index (χ1n) is 8.22. The number of esters is 1. The van der Waals surface area contributed by atoms with E-state index in [2.05, 4.69) is 5.32 Å². The van der Waals surface area contributed by atoms with Gasteiger partial charge in [-0.2, -0.15) is 0 Å². The molecule has 3 aromatic rings. The number of ether oxygens (including phenoxy) is 2. The number of methoxy groups -OCH3 is 1. The monoisotopic (exact) mass is 349 g/mol. The van der Waals surface area contributed by atoms with Crippen molar-refractivity contribution < 1.29 is 19.1 Å². The summed E-state index contributed by atoms with van der Waals surface area (Å²) in [5.74, 6) is -0.306. The lowest BCUT2D eigenvalue weighted by Gasteiger charge is -2.15. The van der Waals surface area contributed by atoms with Crippen molar-refractivity contribution in [1.82, 2.24) is 0 Å². The summed E-state index contributed by atoms with van der Waals surface area (Å²) in [5, 5.41) is 4.77. The molecule has 1 amide bonds. The molecule has 0 spiro atoms. The van der Waals surface area contributed by atoms with Crippen LogP contribution in [0.25, 0.3) is 10.8 Å². The number of hydrogen-bond acceptors (Lipinski definition) is 4. The molecular formula is C21H19NO4. The van der Waals surface area contributed by atoms with Gasteiger partial charge in [-0.3, -0.25) is 4.79 Å². The quantitative estimate of drug-likeness (QED) is 0.706. The average Bonchev–Trinajstić information content (AvgIpc) is 2.68. The summed E-state index contributed by atoms with van der Waals surface area (Å²) in [6.07, 6.45) is -0.927. The lowest BCUT2D eigenvalue weighted by Crippen LogP contribution is -2.30. The van der Waals surface area contributed by atoms with Gasteiger partial charge in [-0.1, -0.05) is 36.4 Å². The number of fused-ring (bicyclic) bond motifs is 1. The average molecular weight is 349 g/mol. The summed E-state index contributed by atoms with van der Waals surface area (Å²) in [6.45, 7) is 1.54. The Morgan fingerprint density at radius 2 is 1.62 bits per heavy atom. The zero-order valence-electron chi connectivity index (χ0n) is 14.6. The maximum atomic E-state index is 12.4. The number of carbonyl (C=O) groups is 2. The van der Waals surface area contributed by atoms with Crippen LogP contribution in [-0.2, 0) is 9.53 Å². The van der Waals surface area contributed by atoms with E-state index in [-0.39, 0.29) is 5.91 Å². The van der Waals surface area contributed by atoms with Crippen molar-refractivity contribution in [3.63, 3.8) is 0 Å². The van der Waals surface area contributed by atoms with E-state index in [9.17, 15) is 9.59 Å². The van der Waals surface area contributed by atoms with Crippen LogP contribution < -0.4 is 10.1 Å². The summed E-state index contributed by atoms with van der Waals surface area (Å²) in [7, 11) is 1.55. The predicted molar refractivity (Wildman–Crippen MR) is 100 cm³/mol. The Balaban J connectivity index is 1.68. The third-order valence-corrected chi connectivity index (χ3v) is 4.03. The molecular weight excluding hydrogens is 330 g/mol. The number of anilines is 1. The molecule has 0 saturated carbocycles. The fourth-order valence-corrected chi connectivity index (χ4v) is 2.58. The highest BCUT2D eigenvalue weighted by Crippen LogP contribution is 2.23. The van der Waals surface area contributed by atoms with Gasteiger partial charge in [-0.25, -0.2) is 4.79 Å². The summed E-state index contributed by atoms with van der Waals surface area (Å²) >= 11 is 0. The van der Waals surface area contributed by atoms with Crippen LogP contribution in [-0.4, -0.2) is 25.1 Å². The maximum absolute atomic E-state index is 12.4. The predicted octanol–water partition coefficient (Wildman–Crippen LogP) is 4.03. The molecule has 26 heavy (non-hydrogen) atoms. The molecule has 0 bridgehead atoms. The van der Waals surface area contributed by atoms with E-state index >= 15 is 0 Å². The molecule has 5 heteroatoms. The molecule has 0 radical (unpaired) electrons.